The molecule has 0 saturated carbocycles. The zero-order valence-corrected chi connectivity index (χ0v) is 10.0. The van der Waals surface area contributed by atoms with Gasteiger partial charge in [0.2, 0.25) is 0 Å². The third kappa shape index (κ3) is 3.47. The van der Waals surface area contributed by atoms with Gasteiger partial charge in [-0.2, -0.15) is 0 Å². The van der Waals surface area contributed by atoms with Gasteiger partial charge in [0.15, 0.2) is 0 Å². The summed E-state index contributed by atoms with van der Waals surface area (Å²) in [5, 5.41) is 0. The molecule has 2 unspecified atom stereocenters. The van der Waals surface area contributed by atoms with Crippen LogP contribution in [0.2, 0.25) is 0 Å². The minimum absolute atomic E-state index is 0.572. The van der Waals surface area contributed by atoms with Crippen LogP contribution in [-0.4, -0.2) is 9.81 Å². The molecule has 13 heavy (non-hydrogen) atoms. The summed E-state index contributed by atoms with van der Waals surface area (Å²) >= 11 is 3.57. The van der Waals surface area contributed by atoms with Crippen LogP contribution in [-0.2, 0) is 0 Å². The molecule has 2 heteroatoms. The van der Waals surface area contributed by atoms with Crippen LogP contribution >= 0.6 is 15.9 Å². The van der Waals surface area contributed by atoms with Crippen LogP contribution in [0.15, 0.2) is 18.5 Å². The average Bonchev–Trinajstić information content (AvgIpc) is 2.03. The molecule has 0 N–H and O–H groups in total. The molecule has 0 amide bonds. The molecule has 1 heterocycles. The molecule has 1 nitrogen and oxygen atoms in total. The quantitative estimate of drug-likeness (QED) is 0.737. The molecule has 0 fully saturated rings. The highest BCUT2D eigenvalue weighted by atomic mass is 79.9. The molecule has 1 aromatic heterocycles. The average molecular weight is 242 g/mol. The van der Waals surface area contributed by atoms with Crippen molar-refractivity contribution >= 4 is 15.9 Å². The first kappa shape index (κ1) is 10.7. The first-order valence-electron chi connectivity index (χ1n) is 4.65. The summed E-state index contributed by atoms with van der Waals surface area (Å²) in [5.74, 6) is 0.585. The topological polar surface area (TPSA) is 12.9 Å². The number of nitrogens with zero attached hydrogens (tertiary/aromatic N) is 1. The van der Waals surface area contributed by atoms with Crippen molar-refractivity contribution in [3.05, 3.63) is 29.6 Å². The van der Waals surface area contributed by atoms with Crippen molar-refractivity contribution in [1.82, 2.24) is 4.98 Å². The Kier molecular flexibility index (Phi) is 3.91. The van der Waals surface area contributed by atoms with Crippen molar-refractivity contribution in [1.29, 1.82) is 0 Å². The molecule has 0 saturated heterocycles. The lowest BCUT2D eigenvalue weighted by molar-refractivity contribution is 0.678. The number of pyridine rings is 1. The van der Waals surface area contributed by atoms with Crippen molar-refractivity contribution < 1.29 is 0 Å². The van der Waals surface area contributed by atoms with E-state index in [0.29, 0.717) is 10.7 Å². The number of aromatic nitrogens is 1. The predicted molar refractivity (Wildman–Crippen MR) is 60.4 cm³/mol. The Balaban J connectivity index is 2.71. The Morgan fingerprint density at radius 2 is 2.08 bits per heavy atom. The Morgan fingerprint density at radius 3 is 2.62 bits per heavy atom. The number of hydrogen-bond donors (Lipinski definition) is 0. The summed E-state index contributed by atoms with van der Waals surface area (Å²) in [6.07, 6.45) is 5.02. The lowest BCUT2D eigenvalue weighted by Gasteiger charge is -2.13. The van der Waals surface area contributed by atoms with Gasteiger partial charge in [-0.1, -0.05) is 35.8 Å². The number of aryl methyl sites for hydroxylation is 1. The minimum Gasteiger partial charge on any atom is -0.264 e. The second kappa shape index (κ2) is 4.75. The molecule has 0 spiro atoms. The zero-order valence-electron chi connectivity index (χ0n) is 8.42. The van der Waals surface area contributed by atoms with Gasteiger partial charge in [-0.05, 0) is 30.4 Å². The van der Waals surface area contributed by atoms with Gasteiger partial charge in [0.05, 0.1) is 0 Å². The van der Waals surface area contributed by atoms with Crippen LogP contribution in [0.25, 0.3) is 0 Å². The monoisotopic (exact) mass is 241 g/mol. The summed E-state index contributed by atoms with van der Waals surface area (Å²) in [7, 11) is 0. The summed E-state index contributed by atoms with van der Waals surface area (Å²) in [6.45, 7) is 6.51. The highest BCUT2D eigenvalue weighted by Gasteiger charge is 2.08. The first-order chi connectivity index (χ1) is 6.09. The summed E-state index contributed by atoms with van der Waals surface area (Å²) < 4.78 is 0. The number of halogens is 1. The Bertz CT molecular complexity index is 271. The lowest BCUT2D eigenvalue weighted by Crippen LogP contribution is -2.01. The fourth-order valence-electron chi connectivity index (χ4n) is 1.47. The van der Waals surface area contributed by atoms with Gasteiger partial charge in [-0.15, -0.1) is 0 Å². The molecule has 72 valence electrons. The van der Waals surface area contributed by atoms with Gasteiger partial charge in [0.1, 0.15) is 0 Å². The van der Waals surface area contributed by atoms with Crippen molar-refractivity contribution in [2.75, 3.05) is 0 Å². The van der Waals surface area contributed by atoms with Crippen molar-refractivity contribution in [2.45, 2.75) is 37.9 Å². The van der Waals surface area contributed by atoms with Crippen molar-refractivity contribution in [3.8, 4) is 0 Å². The van der Waals surface area contributed by atoms with E-state index in [1.54, 1.807) is 0 Å². The number of rotatable bonds is 3. The molecule has 0 aliphatic rings. The summed E-state index contributed by atoms with van der Waals surface area (Å²) in [5.41, 5.74) is 2.58. The summed E-state index contributed by atoms with van der Waals surface area (Å²) in [4.78, 5) is 4.77. The van der Waals surface area contributed by atoms with E-state index in [-0.39, 0.29) is 0 Å². The van der Waals surface area contributed by atoms with Crippen LogP contribution < -0.4 is 0 Å². The largest absolute Gasteiger partial charge is 0.264 e. The normalized spacial score (nSPS) is 15.4. The predicted octanol–water partition coefficient (Wildman–Crippen LogP) is 3.67. The van der Waals surface area contributed by atoms with E-state index in [9.17, 15) is 0 Å². The van der Waals surface area contributed by atoms with E-state index >= 15 is 0 Å². The second-order valence-electron chi connectivity index (χ2n) is 3.71. The molecule has 1 rings (SSSR count). The fourth-order valence-corrected chi connectivity index (χ4v) is 2.03. The van der Waals surface area contributed by atoms with Gasteiger partial charge in [-0.25, -0.2) is 0 Å². The van der Waals surface area contributed by atoms with E-state index in [1.165, 1.54) is 11.1 Å². The van der Waals surface area contributed by atoms with Crippen LogP contribution in [0.3, 0.4) is 0 Å². The van der Waals surface area contributed by atoms with Crippen LogP contribution in [0, 0.1) is 6.92 Å². The van der Waals surface area contributed by atoms with E-state index in [2.05, 4.69) is 47.8 Å². The number of alkyl halides is 1. The van der Waals surface area contributed by atoms with Gasteiger partial charge in [0.25, 0.3) is 0 Å². The molecule has 0 bridgehead atoms. The smallest absolute Gasteiger partial charge is 0.0302 e. The third-order valence-corrected chi connectivity index (χ3v) is 2.52. The molecule has 1 aromatic rings. The minimum atomic E-state index is 0.572. The molecule has 0 aliphatic carbocycles. The SMILES string of the molecule is Cc1cncc(C(C)CC(C)Br)c1. The first-order valence-corrected chi connectivity index (χ1v) is 5.56. The van der Waals surface area contributed by atoms with Crippen LogP contribution in [0.5, 0.6) is 0 Å². The molecule has 0 radical (unpaired) electrons. The standard InChI is InChI=1S/C11H16BrN/c1-8-4-11(7-13-6-8)9(2)5-10(3)12/h4,6-7,9-10H,5H2,1-3H3. The van der Waals surface area contributed by atoms with Crippen molar-refractivity contribution in [2.24, 2.45) is 0 Å². The molecule has 2 atom stereocenters. The van der Waals surface area contributed by atoms with Gasteiger partial charge >= 0.3 is 0 Å². The Morgan fingerprint density at radius 1 is 1.38 bits per heavy atom. The molecular formula is C11H16BrN. The number of hydrogen-bond acceptors (Lipinski definition) is 1. The van der Waals surface area contributed by atoms with Gasteiger partial charge in [0, 0.05) is 17.2 Å². The highest BCUT2D eigenvalue weighted by molar-refractivity contribution is 9.09. The Labute approximate surface area is 88.7 Å². The van der Waals surface area contributed by atoms with Gasteiger partial charge < -0.3 is 0 Å². The van der Waals surface area contributed by atoms with Gasteiger partial charge in [-0.3, -0.25) is 4.98 Å². The molecular weight excluding hydrogens is 226 g/mol. The van der Waals surface area contributed by atoms with Crippen molar-refractivity contribution in [3.63, 3.8) is 0 Å². The maximum Gasteiger partial charge on any atom is 0.0302 e. The van der Waals surface area contributed by atoms with E-state index in [4.69, 9.17) is 0 Å². The zero-order chi connectivity index (χ0) is 9.84. The third-order valence-electron chi connectivity index (χ3n) is 2.14. The highest BCUT2D eigenvalue weighted by Crippen LogP contribution is 2.23. The lowest BCUT2D eigenvalue weighted by atomic mass is 9.97. The van der Waals surface area contributed by atoms with E-state index in [1.807, 2.05) is 12.4 Å². The van der Waals surface area contributed by atoms with E-state index < -0.39 is 0 Å². The maximum absolute atomic E-state index is 4.20. The molecule has 0 aromatic carbocycles. The fraction of sp³-hybridized carbons (Fsp3) is 0.545. The summed E-state index contributed by atoms with van der Waals surface area (Å²) in [6, 6.07) is 2.22. The van der Waals surface area contributed by atoms with E-state index in [0.717, 1.165) is 6.42 Å². The molecule has 0 aliphatic heterocycles. The van der Waals surface area contributed by atoms with Crippen LogP contribution in [0.4, 0.5) is 0 Å². The van der Waals surface area contributed by atoms with Crippen LogP contribution in [0.1, 0.15) is 37.3 Å². The second-order valence-corrected chi connectivity index (χ2v) is 5.28. The Hall–Kier alpha value is -0.370. The maximum atomic E-state index is 4.20.